The van der Waals surface area contributed by atoms with Gasteiger partial charge in [-0.3, -0.25) is 14.3 Å². The second-order valence-corrected chi connectivity index (χ2v) is 4.28. The molecule has 0 aliphatic carbocycles. The van der Waals surface area contributed by atoms with Gasteiger partial charge in [0.15, 0.2) is 10.6 Å². The van der Waals surface area contributed by atoms with Crippen LogP contribution in [0.2, 0.25) is 0 Å². The first-order valence-electron chi connectivity index (χ1n) is 5.48. The first-order chi connectivity index (χ1) is 8.75. The van der Waals surface area contributed by atoms with E-state index >= 15 is 0 Å². The molecule has 0 aliphatic rings. The minimum atomic E-state index is 0.557. The second kappa shape index (κ2) is 4.23. The first kappa shape index (κ1) is 10.9. The highest BCUT2D eigenvalue weighted by molar-refractivity contribution is 7.71. The molecule has 2 aromatic heterocycles. The molecule has 0 radical (unpaired) electrons. The van der Waals surface area contributed by atoms with E-state index < -0.39 is 0 Å². The Morgan fingerprint density at radius 2 is 1.94 bits per heavy atom. The number of rotatable bonds is 2. The number of benzene rings is 1. The van der Waals surface area contributed by atoms with E-state index in [1.54, 1.807) is 4.68 Å². The van der Waals surface area contributed by atoms with Gasteiger partial charge in [-0.2, -0.15) is 10.2 Å². The SMILES string of the molecule is Cn1ccc(-c2n[nH]c(=S)n2-c2ccccc2)n1. The molecule has 0 bridgehead atoms. The van der Waals surface area contributed by atoms with Crippen molar-refractivity contribution in [2.75, 3.05) is 0 Å². The number of hydrogen-bond acceptors (Lipinski definition) is 3. The normalized spacial score (nSPS) is 10.7. The van der Waals surface area contributed by atoms with Crippen LogP contribution >= 0.6 is 12.2 Å². The van der Waals surface area contributed by atoms with Crippen molar-refractivity contribution in [1.82, 2.24) is 24.5 Å². The fraction of sp³-hybridized carbons (Fsp3) is 0.0833. The number of H-pyrrole nitrogens is 1. The lowest BCUT2D eigenvalue weighted by Gasteiger charge is -2.04. The van der Waals surface area contributed by atoms with Crippen molar-refractivity contribution in [1.29, 1.82) is 0 Å². The van der Waals surface area contributed by atoms with Crippen molar-refractivity contribution in [2.24, 2.45) is 7.05 Å². The van der Waals surface area contributed by atoms with Crippen LogP contribution in [-0.2, 0) is 7.05 Å². The number of aryl methyl sites for hydroxylation is 1. The highest BCUT2D eigenvalue weighted by atomic mass is 32.1. The molecule has 3 aromatic rings. The van der Waals surface area contributed by atoms with Gasteiger partial charge in [-0.25, -0.2) is 0 Å². The van der Waals surface area contributed by atoms with Crippen molar-refractivity contribution < 1.29 is 0 Å². The number of aromatic nitrogens is 5. The smallest absolute Gasteiger partial charge is 0.200 e. The van der Waals surface area contributed by atoms with E-state index in [2.05, 4.69) is 15.3 Å². The average molecular weight is 257 g/mol. The summed E-state index contributed by atoms with van der Waals surface area (Å²) in [5, 5.41) is 11.4. The summed E-state index contributed by atoms with van der Waals surface area (Å²) in [5.74, 6) is 0.715. The van der Waals surface area contributed by atoms with Gasteiger partial charge in [-0.05, 0) is 30.4 Å². The Labute approximate surface area is 109 Å². The Balaban J connectivity index is 2.22. The third-order valence-corrected chi connectivity index (χ3v) is 2.90. The van der Waals surface area contributed by atoms with Crippen molar-refractivity contribution >= 4 is 12.2 Å². The van der Waals surface area contributed by atoms with Crippen molar-refractivity contribution in [2.45, 2.75) is 0 Å². The molecule has 1 N–H and O–H groups in total. The molecule has 3 rings (SSSR count). The van der Waals surface area contributed by atoms with Crippen molar-refractivity contribution in [3.05, 3.63) is 47.4 Å². The van der Waals surface area contributed by atoms with Crippen LogP contribution in [0.1, 0.15) is 0 Å². The number of nitrogens with one attached hydrogen (secondary N) is 1. The minimum absolute atomic E-state index is 0.557. The lowest BCUT2D eigenvalue weighted by atomic mass is 10.3. The lowest BCUT2D eigenvalue weighted by Crippen LogP contribution is -1.98. The van der Waals surface area contributed by atoms with Crippen LogP contribution in [0.25, 0.3) is 17.2 Å². The van der Waals surface area contributed by atoms with Gasteiger partial charge in [-0.15, -0.1) is 0 Å². The number of aromatic amines is 1. The summed E-state index contributed by atoms with van der Waals surface area (Å²) in [4.78, 5) is 0. The average Bonchev–Trinajstić information content (AvgIpc) is 2.96. The molecule has 1 aromatic carbocycles. The monoisotopic (exact) mass is 257 g/mol. The number of nitrogens with zero attached hydrogens (tertiary/aromatic N) is 4. The van der Waals surface area contributed by atoms with E-state index in [-0.39, 0.29) is 0 Å². The Bertz CT molecular complexity index is 722. The Hall–Kier alpha value is -2.21. The Morgan fingerprint density at radius 3 is 2.61 bits per heavy atom. The molecule has 0 spiro atoms. The van der Waals surface area contributed by atoms with Crippen molar-refractivity contribution in [3.63, 3.8) is 0 Å². The van der Waals surface area contributed by atoms with Gasteiger partial charge in [0.05, 0.1) is 5.69 Å². The first-order valence-corrected chi connectivity index (χ1v) is 5.89. The molecule has 0 amide bonds. The summed E-state index contributed by atoms with van der Waals surface area (Å²) in [5.41, 5.74) is 1.76. The van der Waals surface area contributed by atoms with E-state index in [0.717, 1.165) is 11.4 Å². The summed E-state index contributed by atoms with van der Waals surface area (Å²) in [6.07, 6.45) is 1.88. The molecular weight excluding hydrogens is 246 g/mol. The standard InChI is InChI=1S/C12H11N5S/c1-16-8-7-10(15-16)11-13-14-12(18)17(11)9-5-3-2-4-6-9/h2-8H,1H3,(H,14,18). The Kier molecular flexibility index (Phi) is 2.56. The highest BCUT2D eigenvalue weighted by Gasteiger charge is 2.12. The molecule has 0 atom stereocenters. The molecule has 0 saturated heterocycles. The number of hydrogen-bond donors (Lipinski definition) is 1. The molecule has 90 valence electrons. The Morgan fingerprint density at radius 1 is 1.17 bits per heavy atom. The molecule has 5 nitrogen and oxygen atoms in total. The fourth-order valence-corrected chi connectivity index (χ4v) is 2.06. The third kappa shape index (κ3) is 1.76. The van der Waals surface area contributed by atoms with Gasteiger partial charge in [0, 0.05) is 13.2 Å². The van der Waals surface area contributed by atoms with E-state index in [9.17, 15) is 0 Å². The quantitative estimate of drug-likeness (QED) is 0.717. The largest absolute Gasteiger partial charge is 0.275 e. The summed E-state index contributed by atoms with van der Waals surface area (Å²) in [6.45, 7) is 0. The van der Waals surface area contributed by atoms with Gasteiger partial charge in [0.2, 0.25) is 0 Å². The van der Waals surface area contributed by atoms with Crippen molar-refractivity contribution in [3.8, 4) is 17.2 Å². The van der Waals surface area contributed by atoms with Gasteiger partial charge in [0.1, 0.15) is 5.69 Å². The lowest BCUT2D eigenvalue weighted by molar-refractivity contribution is 0.767. The van der Waals surface area contributed by atoms with E-state index in [0.29, 0.717) is 10.6 Å². The summed E-state index contributed by atoms with van der Waals surface area (Å²) < 4.78 is 4.17. The molecule has 18 heavy (non-hydrogen) atoms. The van der Waals surface area contributed by atoms with Crippen LogP contribution in [0.3, 0.4) is 0 Å². The zero-order valence-corrected chi connectivity index (χ0v) is 10.6. The predicted octanol–water partition coefficient (Wildman–Crippen LogP) is 2.33. The predicted molar refractivity (Wildman–Crippen MR) is 71.0 cm³/mol. The van der Waals surface area contributed by atoms with Crippen LogP contribution in [0.5, 0.6) is 0 Å². The number of para-hydroxylation sites is 1. The van der Waals surface area contributed by atoms with Crippen LogP contribution < -0.4 is 0 Å². The fourth-order valence-electron chi connectivity index (χ4n) is 1.82. The molecule has 0 aliphatic heterocycles. The maximum Gasteiger partial charge on any atom is 0.200 e. The minimum Gasteiger partial charge on any atom is -0.275 e. The second-order valence-electron chi connectivity index (χ2n) is 3.90. The van der Waals surface area contributed by atoms with Crippen LogP contribution in [0, 0.1) is 4.77 Å². The van der Waals surface area contributed by atoms with Gasteiger partial charge in [-0.1, -0.05) is 18.2 Å². The maximum atomic E-state index is 5.27. The van der Waals surface area contributed by atoms with E-state index in [4.69, 9.17) is 12.2 Å². The summed E-state index contributed by atoms with van der Waals surface area (Å²) in [6, 6.07) is 11.8. The van der Waals surface area contributed by atoms with E-state index in [1.165, 1.54) is 0 Å². The zero-order valence-electron chi connectivity index (χ0n) is 9.74. The van der Waals surface area contributed by atoms with E-state index in [1.807, 2.05) is 54.2 Å². The van der Waals surface area contributed by atoms with Crippen LogP contribution in [-0.4, -0.2) is 24.5 Å². The molecule has 0 fully saturated rings. The molecule has 2 heterocycles. The third-order valence-electron chi connectivity index (χ3n) is 2.63. The molecular formula is C12H11N5S. The van der Waals surface area contributed by atoms with Gasteiger partial charge in [0.25, 0.3) is 0 Å². The van der Waals surface area contributed by atoms with Gasteiger partial charge < -0.3 is 0 Å². The maximum absolute atomic E-state index is 5.27. The summed E-state index contributed by atoms with van der Waals surface area (Å²) >= 11 is 5.27. The molecule has 0 saturated carbocycles. The van der Waals surface area contributed by atoms with Crippen LogP contribution in [0.4, 0.5) is 0 Å². The zero-order chi connectivity index (χ0) is 12.5. The van der Waals surface area contributed by atoms with Gasteiger partial charge >= 0.3 is 0 Å². The topological polar surface area (TPSA) is 51.4 Å². The summed E-state index contributed by atoms with van der Waals surface area (Å²) in [7, 11) is 1.87. The molecule has 6 heteroatoms. The van der Waals surface area contributed by atoms with Crippen LogP contribution in [0.15, 0.2) is 42.6 Å². The molecule has 0 unspecified atom stereocenters. The highest BCUT2D eigenvalue weighted by Crippen LogP contribution is 2.19.